The van der Waals surface area contributed by atoms with E-state index in [1.54, 1.807) is 0 Å². The van der Waals surface area contributed by atoms with Gasteiger partial charge in [-0.25, -0.2) is 4.98 Å². The van der Waals surface area contributed by atoms with Gasteiger partial charge in [-0.2, -0.15) is 0 Å². The third kappa shape index (κ3) is 2.89. The Balaban J connectivity index is 2.21. The third-order valence-electron chi connectivity index (χ3n) is 3.64. The molecule has 0 saturated heterocycles. The molecule has 1 aromatic heterocycles. The molecule has 0 radical (unpaired) electrons. The smallest absolute Gasteiger partial charge is 0.213 e. The summed E-state index contributed by atoms with van der Waals surface area (Å²) >= 11 is 0. The van der Waals surface area contributed by atoms with Crippen LogP contribution in [0.3, 0.4) is 0 Å². The maximum Gasteiger partial charge on any atom is 0.213 e. The van der Waals surface area contributed by atoms with E-state index in [-0.39, 0.29) is 5.96 Å². The highest BCUT2D eigenvalue weighted by molar-refractivity contribution is 6.06. The summed E-state index contributed by atoms with van der Waals surface area (Å²) in [6.07, 6.45) is 0.478. The number of carbonyl (C=O) groups is 1. The molecule has 0 atom stereocenters. The summed E-state index contributed by atoms with van der Waals surface area (Å²) in [7, 11) is 0. The second-order valence-corrected chi connectivity index (χ2v) is 5.11. The molecule has 3 rings (SSSR count). The second kappa shape index (κ2) is 6.27. The number of guanidine groups is 1. The van der Waals surface area contributed by atoms with Crippen molar-refractivity contribution in [1.29, 1.82) is 5.41 Å². The lowest BCUT2D eigenvalue weighted by atomic mass is 10.0. The Kier molecular flexibility index (Phi) is 4.01. The SMILES string of the molecule is Cc1c(-c2ccccc2)nc2ccccc2c1NC(=N)NC=O. The van der Waals surface area contributed by atoms with Crippen molar-refractivity contribution in [2.45, 2.75) is 6.92 Å². The van der Waals surface area contributed by atoms with Gasteiger partial charge in [0.05, 0.1) is 16.9 Å². The lowest BCUT2D eigenvalue weighted by molar-refractivity contribution is -0.108. The lowest BCUT2D eigenvalue weighted by Gasteiger charge is -2.16. The van der Waals surface area contributed by atoms with Crippen molar-refractivity contribution in [3.63, 3.8) is 0 Å². The minimum Gasteiger partial charge on any atom is -0.325 e. The van der Waals surface area contributed by atoms with Gasteiger partial charge < -0.3 is 5.32 Å². The van der Waals surface area contributed by atoms with Gasteiger partial charge >= 0.3 is 0 Å². The molecule has 0 fully saturated rings. The van der Waals surface area contributed by atoms with Crippen LogP contribution in [0.4, 0.5) is 5.69 Å². The Morgan fingerprint density at radius 2 is 1.78 bits per heavy atom. The van der Waals surface area contributed by atoms with E-state index in [0.29, 0.717) is 6.41 Å². The largest absolute Gasteiger partial charge is 0.325 e. The number of carbonyl (C=O) groups excluding carboxylic acids is 1. The molecule has 0 aliphatic rings. The van der Waals surface area contributed by atoms with Crippen LogP contribution in [-0.4, -0.2) is 17.4 Å². The molecule has 114 valence electrons. The molecule has 0 aliphatic heterocycles. The van der Waals surface area contributed by atoms with E-state index >= 15 is 0 Å². The maximum atomic E-state index is 10.5. The molecule has 5 nitrogen and oxygen atoms in total. The van der Waals surface area contributed by atoms with E-state index in [0.717, 1.165) is 33.4 Å². The molecule has 5 heteroatoms. The van der Waals surface area contributed by atoms with Crippen molar-refractivity contribution in [2.75, 3.05) is 5.32 Å². The van der Waals surface area contributed by atoms with E-state index < -0.39 is 0 Å². The molecule has 0 bridgehead atoms. The lowest BCUT2D eigenvalue weighted by Crippen LogP contribution is -2.28. The predicted molar refractivity (Wildman–Crippen MR) is 92.5 cm³/mol. The van der Waals surface area contributed by atoms with Crippen LogP contribution in [0.5, 0.6) is 0 Å². The number of amides is 1. The molecule has 0 saturated carbocycles. The van der Waals surface area contributed by atoms with Crippen LogP contribution in [0.2, 0.25) is 0 Å². The number of para-hydroxylation sites is 1. The first-order chi connectivity index (χ1) is 11.2. The molecule has 3 N–H and O–H groups in total. The van der Waals surface area contributed by atoms with Crippen molar-refractivity contribution in [3.8, 4) is 11.3 Å². The Bertz CT molecular complexity index is 875. The summed E-state index contributed by atoms with van der Waals surface area (Å²) < 4.78 is 0. The van der Waals surface area contributed by atoms with Gasteiger partial charge in [0.2, 0.25) is 6.41 Å². The molecule has 0 aliphatic carbocycles. The molecular formula is C18H16N4O. The first-order valence-corrected chi connectivity index (χ1v) is 7.21. The fraction of sp³-hybridized carbons (Fsp3) is 0.0556. The Morgan fingerprint density at radius 1 is 1.09 bits per heavy atom. The first-order valence-electron chi connectivity index (χ1n) is 7.21. The second-order valence-electron chi connectivity index (χ2n) is 5.11. The van der Waals surface area contributed by atoms with E-state index in [2.05, 4.69) is 10.6 Å². The summed E-state index contributed by atoms with van der Waals surface area (Å²) in [5.41, 5.74) is 4.39. The molecule has 3 aromatic rings. The minimum absolute atomic E-state index is 0.0709. The van der Waals surface area contributed by atoms with Crippen LogP contribution >= 0.6 is 0 Å². The molecule has 0 spiro atoms. The summed E-state index contributed by atoms with van der Waals surface area (Å²) in [6.45, 7) is 1.96. The van der Waals surface area contributed by atoms with Crippen LogP contribution in [0.25, 0.3) is 22.2 Å². The number of nitrogens with one attached hydrogen (secondary N) is 3. The molecule has 1 amide bonds. The average molecular weight is 304 g/mol. The van der Waals surface area contributed by atoms with Gasteiger partial charge in [0.25, 0.3) is 0 Å². The summed E-state index contributed by atoms with van der Waals surface area (Å²) in [4.78, 5) is 15.3. The average Bonchev–Trinajstić information content (AvgIpc) is 2.58. The molecular weight excluding hydrogens is 288 g/mol. The standard InChI is InChI=1S/C18H16N4O/c1-12-16(13-7-3-2-4-8-13)21-15-10-6-5-9-14(15)17(12)22-18(19)20-11-23/h2-11H,1H3,(H3,19,20,21,22,23). The number of anilines is 1. The van der Waals surface area contributed by atoms with Gasteiger partial charge in [-0.1, -0.05) is 48.5 Å². The number of hydrogen-bond donors (Lipinski definition) is 3. The fourth-order valence-corrected chi connectivity index (χ4v) is 2.57. The summed E-state index contributed by atoms with van der Waals surface area (Å²) in [5.74, 6) is -0.0709. The topological polar surface area (TPSA) is 77.9 Å². The zero-order valence-electron chi connectivity index (χ0n) is 12.6. The van der Waals surface area contributed by atoms with E-state index in [1.807, 2.05) is 61.5 Å². The van der Waals surface area contributed by atoms with Gasteiger partial charge in [-0.15, -0.1) is 0 Å². The quantitative estimate of drug-likeness (QED) is 0.395. The Labute approximate surface area is 133 Å². The van der Waals surface area contributed by atoms with Crippen LogP contribution < -0.4 is 10.6 Å². The highest BCUT2D eigenvalue weighted by Crippen LogP contribution is 2.33. The number of hydrogen-bond acceptors (Lipinski definition) is 3. The van der Waals surface area contributed by atoms with E-state index in [4.69, 9.17) is 10.4 Å². The fourth-order valence-electron chi connectivity index (χ4n) is 2.57. The van der Waals surface area contributed by atoms with E-state index in [1.165, 1.54) is 0 Å². The number of fused-ring (bicyclic) bond motifs is 1. The van der Waals surface area contributed by atoms with Gasteiger partial charge in [0.1, 0.15) is 0 Å². The van der Waals surface area contributed by atoms with Gasteiger partial charge in [0, 0.05) is 10.9 Å². The van der Waals surface area contributed by atoms with E-state index in [9.17, 15) is 4.79 Å². The number of benzene rings is 2. The monoisotopic (exact) mass is 304 g/mol. The molecule has 2 aromatic carbocycles. The van der Waals surface area contributed by atoms with Crippen molar-refractivity contribution < 1.29 is 4.79 Å². The number of pyridine rings is 1. The Hall–Kier alpha value is -3.21. The minimum atomic E-state index is -0.0709. The van der Waals surface area contributed by atoms with Gasteiger partial charge in [-0.3, -0.25) is 15.5 Å². The van der Waals surface area contributed by atoms with Crippen molar-refractivity contribution in [3.05, 3.63) is 60.2 Å². The van der Waals surface area contributed by atoms with Crippen LogP contribution in [0.15, 0.2) is 54.6 Å². The van der Waals surface area contributed by atoms with Crippen molar-refractivity contribution >= 4 is 29.0 Å². The maximum absolute atomic E-state index is 10.5. The third-order valence-corrected chi connectivity index (χ3v) is 3.64. The molecule has 23 heavy (non-hydrogen) atoms. The molecule has 1 heterocycles. The number of aromatic nitrogens is 1. The zero-order valence-corrected chi connectivity index (χ0v) is 12.6. The highest BCUT2D eigenvalue weighted by Gasteiger charge is 2.13. The van der Waals surface area contributed by atoms with Crippen molar-refractivity contribution in [1.82, 2.24) is 10.3 Å². The highest BCUT2D eigenvalue weighted by atomic mass is 16.1. The number of nitrogens with zero attached hydrogens (tertiary/aromatic N) is 1. The van der Waals surface area contributed by atoms with Crippen LogP contribution in [-0.2, 0) is 4.79 Å². The molecule has 0 unspecified atom stereocenters. The predicted octanol–water partition coefficient (Wildman–Crippen LogP) is 3.30. The summed E-state index contributed by atoms with van der Waals surface area (Å²) in [5, 5.41) is 14.0. The Morgan fingerprint density at radius 3 is 2.52 bits per heavy atom. The number of rotatable bonds is 3. The zero-order chi connectivity index (χ0) is 16.2. The summed E-state index contributed by atoms with van der Waals surface area (Å²) in [6, 6.07) is 17.6. The van der Waals surface area contributed by atoms with Crippen molar-refractivity contribution in [2.24, 2.45) is 0 Å². The van der Waals surface area contributed by atoms with Crippen LogP contribution in [0, 0.1) is 12.3 Å². The first kappa shape index (κ1) is 14.7. The van der Waals surface area contributed by atoms with Crippen LogP contribution in [0.1, 0.15) is 5.56 Å². The van der Waals surface area contributed by atoms with Gasteiger partial charge in [0.15, 0.2) is 5.96 Å². The normalized spacial score (nSPS) is 10.3. The van der Waals surface area contributed by atoms with Gasteiger partial charge in [-0.05, 0) is 18.6 Å².